The Kier molecular flexibility index (Phi) is 5.78. The van der Waals surface area contributed by atoms with E-state index < -0.39 is 0 Å². The van der Waals surface area contributed by atoms with Crippen LogP contribution in [-0.2, 0) is 9.47 Å². The summed E-state index contributed by atoms with van der Waals surface area (Å²) in [5.41, 5.74) is 3.16. The van der Waals surface area contributed by atoms with Crippen molar-refractivity contribution < 1.29 is 14.1 Å². The third-order valence-electron chi connectivity index (χ3n) is 3.80. The van der Waals surface area contributed by atoms with Crippen LogP contribution in [0.15, 0.2) is 16.8 Å². The number of aromatic nitrogens is 2. The van der Waals surface area contributed by atoms with Gasteiger partial charge in [0.1, 0.15) is 0 Å². The summed E-state index contributed by atoms with van der Waals surface area (Å²) in [6.07, 6.45) is 0.884. The van der Waals surface area contributed by atoms with E-state index in [0.717, 1.165) is 42.9 Å². The molecule has 0 atom stereocenters. The van der Waals surface area contributed by atoms with Crippen LogP contribution in [0.1, 0.15) is 6.42 Å². The highest BCUT2D eigenvalue weighted by Crippen LogP contribution is 2.30. The molecule has 24 heavy (non-hydrogen) atoms. The fourth-order valence-corrected chi connectivity index (χ4v) is 2.81. The second-order valence-electron chi connectivity index (χ2n) is 5.42. The van der Waals surface area contributed by atoms with Crippen molar-refractivity contribution in [2.75, 3.05) is 56.8 Å². The normalized spacial score (nSPS) is 14.8. The lowest BCUT2D eigenvalue weighted by Crippen LogP contribution is -2.36. The Balaban J connectivity index is 1.71. The number of ether oxygens (including phenoxy) is 2. The van der Waals surface area contributed by atoms with Gasteiger partial charge in [0.05, 0.1) is 24.6 Å². The topological polar surface area (TPSA) is 84.7 Å². The van der Waals surface area contributed by atoms with Gasteiger partial charge in [-0.3, -0.25) is 0 Å². The lowest BCUT2D eigenvalue weighted by Gasteiger charge is -2.28. The van der Waals surface area contributed by atoms with Crippen molar-refractivity contribution in [1.29, 1.82) is 0 Å². The summed E-state index contributed by atoms with van der Waals surface area (Å²) >= 11 is 5.31. The minimum atomic E-state index is 0.537. The largest absolute Gasteiger partial charge is 0.385 e. The van der Waals surface area contributed by atoms with Crippen molar-refractivity contribution in [2.45, 2.75) is 6.42 Å². The molecule has 0 spiro atoms. The predicted molar refractivity (Wildman–Crippen MR) is 95.6 cm³/mol. The zero-order valence-electron chi connectivity index (χ0n) is 13.6. The smallest absolute Gasteiger partial charge is 0.170 e. The van der Waals surface area contributed by atoms with Gasteiger partial charge in [0.2, 0.25) is 0 Å². The molecule has 1 fully saturated rings. The van der Waals surface area contributed by atoms with Crippen molar-refractivity contribution in [3.63, 3.8) is 0 Å². The van der Waals surface area contributed by atoms with Crippen molar-refractivity contribution >= 4 is 39.7 Å². The van der Waals surface area contributed by atoms with E-state index in [1.807, 2.05) is 12.1 Å². The summed E-state index contributed by atoms with van der Waals surface area (Å²) in [5, 5.41) is 14.9. The maximum absolute atomic E-state index is 5.40. The first-order chi connectivity index (χ1) is 11.8. The number of fused-ring (bicyclic) bond motifs is 1. The molecule has 130 valence electrons. The Bertz CT molecular complexity index is 687. The molecule has 2 heterocycles. The van der Waals surface area contributed by atoms with Crippen LogP contribution < -0.4 is 15.5 Å². The Hall–Kier alpha value is -1.97. The van der Waals surface area contributed by atoms with Gasteiger partial charge in [0.25, 0.3) is 0 Å². The molecule has 1 saturated heterocycles. The van der Waals surface area contributed by atoms with Gasteiger partial charge in [-0.1, -0.05) is 0 Å². The van der Waals surface area contributed by atoms with E-state index in [-0.39, 0.29) is 0 Å². The predicted octanol–water partition coefficient (Wildman–Crippen LogP) is 1.38. The van der Waals surface area contributed by atoms with Crippen LogP contribution in [0.4, 0.5) is 11.4 Å². The maximum atomic E-state index is 5.40. The number of nitrogens with zero attached hydrogens (tertiary/aromatic N) is 3. The molecule has 8 nitrogen and oxygen atoms in total. The molecule has 1 aliphatic rings. The number of anilines is 2. The minimum Gasteiger partial charge on any atom is -0.385 e. The summed E-state index contributed by atoms with van der Waals surface area (Å²) in [4.78, 5) is 2.22. The van der Waals surface area contributed by atoms with E-state index in [2.05, 4.69) is 25.8 Å². The van der Waals surface area contributed by atoms with Gasteiger partial charge in [-0.2, -0.15) is 0 Å². The quantitative estimate of drug-likeness (QED) is 0.592. The molecule has 0 amide bonds. The number of rotatable bonds is 6. The fourth-order valence-electron chi connectivity index (χ4n) is 2.60. The second-order valence-corrected chi connectivity index (χ2v) is 5.83. The molecule has 0 radical (unpaired) electrons. The van der Waals surface area contributed by atoms with Gasteiger partial charge in [-0.05, 0) is 41.1 Å². The van der Waals surface area contributed by atoms with Crippen LogP contribution >= 0.6 is 12.2 Å². The third kappa shape index (κ3) is 3.92. The van der Waals surface area contributed by atoms with Crippen LogP contribution in [0, 0.1) is 0 Å². The number of hydrogen-bond donors (Lipinski definition) is 2. The summed E-state index contributed by atoms with van der Waals surface area (Å²) in [5.74, 6) is 0. The summed E-state index contributed by atoms with van der Waals surface area (Å²) in [6, 6.07) is 3.95. The third-order valence-corrected chi connectivity index (χ3v) is 4.05. The van der Waals surface area contributed by atoms with E-state index in [9.17, 15) is 0 Å². The van der Waals surface area contributed by atoms with Crippen LogP contribution in [0.25, 0.3) is 11.0 Å². The van der Waals surface area contributed by atoms with Gasteiger partial charge < -0.3 is 25.0 Å². The van der Waals surface area contributed by atoms with Crippen molar-refractivity contribution in [3.8, 4) is 0 Å². The molecule has 0 bridgehead atoms. The number of morpholine rings is 1. The van der Waals surface area contributed by atoms with Gasteiger partial charge in [0.15, 0.2) is 16.1 Å². The van der Waals surface area contributed by atoms with Gasteiger partial charge in [-0.25, -0.2) is 4.63 Å². The highest BCUT2D eigenvalue weighted by atomic mass is 32.1. The first-order valence-corrected chi connectivity index (χ1v) is 8.32. The van der Waals surface area contributed by atoms with E-state index in [0.29, 0.717) is 30.4 Å². The molecule has 1 aliphatic heterocycles. The first-order valence-electron chi connectivity index (χ1n) is 7.91. The van der Waals surface area contributed by atoms with Crippen LogP contribution in [0.3, 0.4) is 0 Å². The van der Waals surface area contributed by atoms with E-state index >= 15 is 0 Å². The number of thiocarbonyl (C=S) groups is 1. The van der Waals surface area contributed by atoms with Gasteiger partial charge in [-0.15, -0.1) is 0 Å². The average Bonchev–Trinajstić information content (AvgIpc) is 3.10. The van der Waals surface area contributed by atoms with Crippen molar-refractivity contribution in [1.82, 2.24) is 15.6 Å². The average molecular weight is 351 g/mol. The molecule has 1 aromatic carbocycles. The number of benzene rings is 1. The Labute approximate surface area is 145 Å². The second kappa shape index (κ2) is 8.22. The fraction of sp³-hybridized carbons (Fsp3) is 0.533. The molecular weight excluding hydrogens is 330 g/mol. The zero-order chi connectivity index (χ0) is 16.8. The maximum Gasteiger partial charge on any atom is 0.170 e. The number of hydrogen-bond acceptors (Lipinski definition) is 7. The summed E-state index contributed by atoms with van der Waals surface area (Å²) in [7, 11) is 1.68. The van der Waals surface area contributed by atoms with E-state index in [4.69, 9.17) is 26.3 Å². The zero-order valence-corrected chi connectivity index (χ0v) is 14.4. The summed E-state index contributed by atoms with van der Waals surface area (Å²) in [6.45, 7) is 4.51. The molecule has 0 saturated carbocycles. The van der Waals surface area contributed by atoms with Crippen molar-refractivity contribution in [3.05, 3.63) is 12.1 Å². The molecule has 3 rings (SSSR count). The van der Waals surface area contributed by atoms with Gasteiger partial charge >= 0.3 is 0 Å². The van der Waals surface area contributed by atoms with Crippen molar-refractivity contribution in [2.24, 2.45) is 0 Å². The minimum absolute atomic E-state index is 0.537. The Morgan fingerprint density at radius 2 is 2.08 bits per heavy atom. The summed E-state index contributed by atoms with van der Waals surface area (Å²) < 4.78 is 15.4. The molecule has 9 heteroatoms. The SMILES string of the molecule is COCCCNC(=S)Nc1ccc(N2CCOCC2)c2nonc12. The molecule has 0 aliphatic carbocycles. The molecule has 2 aromatic rings. The lowest BCUT2D eigenvalue weighted by atomic mass is 10.2. The van der Waals surface area contributed by atoms with Crippen LogP contribution in [-0.4, -0.2) is 62.0 Å². The van der Waals surface area contributed by atoms with Crippen LogP contribution in [0.5, 0.6) is 0 Å². The number of methoxy groups -OCH3 is 1. The molecule has 2 N–H and O–H groups in total. The Morgan fingerprint density at radius 1 is 1.29 bits per heavy atom. The van der Waals surface area contributed by atoms with E-state index in [1.165, 1.54) is 0 Å². The monoisotopic (exact) mass is 351 g/mol. The van der Waals surface area contributed by atoms with Gasteiger partial charge in [0, 0.05) is 33.4 Å². The van der Waals surface area contributed by atoms with E-state index in [1.54, 1.807) is 7.11 Å². The van der Waals surface area contributed by atoms with Crippen LogP contribution in [0.2, 0.25) is 0 Å². The first kappa shape index (κ1) is 16.9. The molecule has 1 aromatic heterocycles. The molecular formula is C15H21N5O3S. The lowest BCUT2D eigenvalue weighted by molar-refractivity contribution is 0.123. The Morgan fingerprint density at radius 3 is 2.88 bits per heavy atom. The highest BCUT2D eigenvalue weighted by Gasteiger charge is 2.19. The number of nitrogens with one attached hydrogen (secondary N) is 2. The standard InChI is InChI=1S/C15H21N5O3S/c1-21-8-2-5-16-15(24)17-11-3-4-12(14-13(11)18-23-19-14)20-6-9-22-10-7-20/h3-4H,2,5-10H2,1H3,(H2,16,17,24). The highest BCUT2D eigenvalue weighted by molar-refractivity contribution is 7.80. The molecule has 0 unspecified atom stereocenters.